The molecule has 0 spiro atoms. The zero-order chi connectivity index (χ0) is 15.9. The smallest absolute Gasteiger partial charge is 0.322 e. The van der Waals surface area contributed by atoms with Gasteiger partial charge in [0, 0.05) is 6.54 Å². The molecule has 0 aromatic heterocycles. The van der Waals surface area contributed by atoms with Crippen molar-refractivity contribution in [1.29, 1.82) is 0 Å². The van der Waals surface area contributed by atoms with E-state index in [1.54, 1.807) is 0 Å². The number of halogens is 3. The summed E-state index contributed by atoms with van der Waals surface area (Å²) in [5.41, 5.74) is 0. The molecule has 0 saturated carbocycles. The Morgan fingerprint density at radius 2 is 1.90 bits per heavy atom. The highest BCUT2D eigenvalue weighted by Gasteiger charge is 2.41. The Hall–Kier alpha value is -0.730. The van der Waals surface area contributed by atoms with Crippen LogP contribution in [0.5, 0.6) is 5.75 Å². The Labute approximate surface area is 135 Å². The van der Waals surface area contributed by atoms with Crippen molar-refractivity contribution < 1.29 is 23.4 Å². The molecule has 21 heavy (non-hydrogen) atoms. The van der Waals surface area contributed by atoms with Gasteiger partial charge < -0.3 is 10.2 Å². The third-order valence-electron chi connectivity index (χ3n) is 3.18. The van der Waals surface area contributed by atoms with Gasteiger partial charge in [-0.25, -0.2) is 8.42 Å². The molecule has 0 amide bonds. The highest BCUT2D eigenvalue weighted by molar-refractivity contribution is 7.89. The molecular formula is C11H10Cl3NO5S. The summed E-state index contributed by atoms with van der Waals surface area (Å²) in [7, 11) is -4.25. The second kappa shape index (κ2) is 5.81. The molecule has 0 unspecified atom stereocenters. The van der Waals surface area contributed by atoms with E-state index in [4.69, 9.17) is 39.9 Å². The molecule has 2 rings (SSSR count). The maximum absolute atomic E-state index is 12.5. The number of rotatable bonds is 3. The van der Waals surface area contributed by atoms with Crippen LogP contribution in [0.1, 0.15) is 12.8 Å². The van der Waals surface area contributed by atoms with E-state index in [1.165, 1.54) is 0 Å². The quantitative estimate of drug-likeness (QED) is 0.793. The molecule has 2 N–H and O–H groups in total. The Kier molecular flexibility index (Phi) is 4.60. The van der Waals surface area contributed by atoms with Crippen molar-refractivity contribution in [1.82, 2.24) is 4.31 Å². The molecule has 116 valence electrons. The lowest BCUT2D eigenvalue weighted by molar-refractivity contribution is -0.140. The normalized spacial score (nSPS) is 19.9. The van der Waals surface area contributed by atoms with Crippen molar-refractivity contribution in [2.24, 2.45) is 0 Å². The van der Waals surface area contributed by atoms with Crippen LogP contribution in [-0.2, 0) is 14.8 Å². The first kappa shape index (κ1) is 16.6. The van der Waals surface area contributed by atoms with Gasteiger partial charge in [0.05, 0.1) is 10.0 Å². The zero-order valence-corrected chi connectivity index (χ0v) is 13.5. The summed E-state index contributed by atoms with van der Waals surface area (Å²) in [6.07, 6.45) is 0.608. The van der Waals surface area contributed by atoms with Crippen molar-refractivity contribution in [3.63, 3.8) is 0 Å². The summed E-state index contributed by atoms with van der Waals surface area (Å²) >= 11 is 17.2. The Morgan fingerprint density at radius 1 is 1.29 bits per heavy atom. The van der Waals surface area contributed by atoms with Crippen molar-refractivity contribution in [2.75, 3.05) is 6.54 Å². The molecule has 1 atom stereocenters. The van der Waals surface area contributed by atoms with E-state index >= 15 is 0 Å². The summed E-state index contributed by atoms with van der Waals surface area (Å²) in [5, 5.41) is 18.3. The summed E-state index contributed by atoms with van der Waals surface area (Å²) in [5.74, 6) is -2.00. The van der Waals surface area contributed by atoms with E-state index in [9.17, 15) is 18.3 Å². The van der Waals surface area contributed by atoms with Gasteiger partial charge in [-0.15, -0.1) is 0 Å². The van der Waals surface area contributed by atoms with Crippen LogP contribution < -0.4 is 0 Å². The number of aliphatic carboxylic acids is 1. The van der Waals surface area contributed by atoms with Gasteiger partial charge in [-0.1, -0.05) is 34.8 Å². The van der Waals surface area contributed by atoms with Crippen LogP contribution in [-0.4, -0.2) is 41.5 Å². The molecule has 0 bridgehead atoms. The number of nitrogens with zero attached hydrogens (tertiary/aromatic N) is 1. The predicted octanol–water partition coefficient (Wildman–Crippen LogP) is 2.59. The number of phenolic OH excluding ortho intramolecular Hbond substituents is 1. The number of sulfonamides is 1. The van der Waals surface area contributed by atoms with E-state index in [0.717, 1.165) is 10.4 Å². The molecule has 1 aliphatic rings. The monoisotopic (exact) mass is 373 g/mol. The third kappa shape index (κ3) is 2.80. The molecule has 10 heteroatoms. The second-order valence-electron chi connectivity index (χ2n) is 4.45. The number of carboxylic acids is 1. The average molecular weight is 375 g/mol. The van der Waals surface area contributed by atoms with Gasteiger partial charge >= 0.3 is 5.97 Å². The van der Waals surface area contributed by atoms with Crippen LogP contribution in [0.15, 0.2) is 11.0 Å². The number of aromatic hydroxyl groups is 1. The molecule has 1 aromatic rings. The number of carboxylic acid groups (broad SMARTS) is 1. The highest BCUT2D eigenvalue weighted by atomic mass is 35.5. The standard InChI is InChI=1S/C11H10Cl3NO5S/c12-5-4-7(10(16)9(14)8(5)13)21(19,20)15-3-1-2-6(15)11(17)18/h4,6,16H,1-3H2,(H,17,18)/t6-/m0/s1. The van der Waals surface area contributed by atoms with Gasteiger partial charge in [-0.3, -0.25) is 4.79 Å². The second-order valence-corrected chi connectivity index (χ2v) is 7.47. The average Bonchev–Trinajstić information content (AvgIpc) is 2.90. The minimum absolute atomic E-state index is 0.0383. The lowest BCUT2D eigenvalue weighted by Crippen LogP contribution is -2.40. The number of phenols is 1. The van der Waals surface area contributed by atoms with E-state index < -0.39 is 37.7 Å². The zero-order valence-electron chi connectivity index (χ0n) is 10.4. The molecular weight excluding hydrogens is 365 g/mol. The number of benzene rings is 1. The largest absolute Gasteiger partial charge is 0.505 e. The summed E-state index contributed by atoms with van der Waals surface area (Å²) < 4.78 is 25.9. The first-order valence-electron chi connectivity index (χ1n) is 5.79. The van der Waals surface area contributed by atoms with Crippen LogP contribution >= 0.6 is 34.8 Å². The van der Waals surface area contributed by atoms with E-state index in [-0.39, 0.29) is 23.0 Å². The molecule has 1 fully saturated rings. The van der Waals surface area contributed by atoms with Gasteiger partial charge in [0.1, 0.15) is 16.0 Å². The maximum Gasteiger partial charge on any atom is 0.322 e. The van der Waals surface area contributed by atoms with Crippen LogP contribution in [0.2, 0.25) is 15.1 Å². The summed E-state index contributed by atoms with van der Waals surface area (Å²) in [4.78, 5) is 10.6. The van der Waals surface area contributed by atoms with Crippen molar-refractivity contribution in [3.8, 4) is 5.75 Å². The lowest BCUT2D eigenvalue weighted by atomic mass is 10.2. The van der Waals surface area contributed by atoms with Crippen LogP contribution in [0, 0.1) is 0 Å². The SMILES string of the molecule is O=C(O)[C@@H]1CCCN1S(=O)(=O)c1cc(Cl)c(Cl)c(Cl)c1O. The molecule has 0 radical (unpaired) electrons. The minimum atomic E-state index is -4.25. The van der Waals surface area contributed by atoms with Crippen LogP contribution in [0.3, 0.4) is 0 Å². The van der Waals surface area contributed by atoms with Gasteiger partial charge in [0.2, 0.25) is 10.0 Å². The lowest BCUT2D eigenvalue weighted by Gasteiger charge is -2.22. The topological polar surface area (TPSA) is 94.9 Å². The van der Waals surface area contributed by atoms with Gasteiger partial charge in [-0.2, -0.15) is 4.31 Å². The van der Waals surface area contributed by atoms with Crippen molar-refractivity contribution in [3.05, 3.63) is 21.1 Å². The van der Waals surface area contributed by atoms with E-state index in [2.05, 4.69) is 0 Å². The Morgan fingerprint density at radius 3 is 2.48 bits per heavy atom. The molecule has 1 aliphatic heterocycles. The third-order valence-corrected chi connectivity index (χ3v) is 6.35. The van der Waals surface area contributed by atoms with Gasteiger partial charge in [0.25, 0.3) is 0 Å². The van der Waals surface area contributed by atoms with Crippen LogP contribution in [0.4, 0.5) is 0 Å². The number of carbonyl (C=O) groups is 1. The predicted molar refractivity (Wildman–Crippen MR) is 77.7 cm³/mol. The van der Waals surface area contributed by atoms with E-state index in [1.807, 2.05) is 0 Å². The first-order valence-corrected chi connectivity index (χ1v) is 8.36. The summed E-state index contributed by atoms with van der Waals surface area (Å²) in [6.45, 7) is 0.0383. The molecule has 1 aromatic carbocycles. The molecule has 1 saturated heterocycles. The number of hydrogen-bond acceptors (Lipinski definition) is 4. The molecule has 0 aliphatic carbocycles. The Balaban J connectivity index is 2.58. The van der Waals surface area contributed by atoms with Crippen molar-refractivity contribution in [2.45, 2.75) is 23.8 Å². The van der Waals surface area contributed by atoms with Crippen LogP contribution in [0.25, 0.3) is 0 Å². The minimum Gasteiger partial charge on any atom is -0.505 e. The summed E-state index contributed by atoms with van der Waals surface area (Å²) in [6, 6.07) is -0.222. The van der Waals surface area contributed by atoms with Gasteiger partial charge in [0.15, 0.2) is 5.75 Å². The fraction of sp³-hybridized carbons (Fsp3) is 0.364. The molecule has 6 nitrogen and oxygen atoms in total. The molecule has 1 heterocycles. The van der Waals surface area contributed by atoms with Gasteiger partial charge in [-0.05, 0) is 18.9 Å². The van der Waals surface area contributed by atoms with E-state index in [0.29, 0.717) is 6.42 Å². The maximum atomic E-state index is 12.5. The van der Waals surface area contributed by atoms with Crippen molar-refractivity contribution >= 4 is 50.8 Å². The first-order chi connectivity index (χ1) is 9.67. The fourth-order valence-corrected chi connectivity index (χ4v) is 4.65. The Bertz CT molecular complexity index is 706. The fourth-order valence-electron chi connectivity index (χ4n) is 2.16. The number of hydrogen-bond donors (Lipinski definition) is 2. The highest BCUT2D eigenvalue weighted by Crippen LogP contribution is 2.43.